The van der Waals surface area contributed by atoms with E-state index in [0.29, 0.717) is 16.5 Å². The Morgan fingerprint density at radius 2 is 2.00 bits per heavy atom. The molecule has 0 atom stereocenters. The topological polar surface area (TPSA) is 58.8 Å². The van der Waals surface area contributed by atoms with Gasteiger partial charge in [-0.25, -0.2) is 15.2 Å². The molecule has 0 radical (unpaired) electrons. The molecule has 0 fully saturated rings. The Balaban J connectivity index is 2.47. The molecule has 1 aromatic rings. The van der Waals surface area contributed by atoms with Crippen LogP contribution in [0.3, 0.4) is 0 Å². The largest absolute Gasteiger partial charge is 0.232 e. The Bertz CT molecular complexity index is 355. The van der Waals surface area contributed by atoms with Gasteiger partial charge in [-0.2, -0.15) is 0 Å². The Kier molecular flexibility index (Phi) is 1.56. The lowest BCUT2D eigenvalue weighted by atomic mass is 10.3. The van der Waals surface area contributed by atoms with Gasteiger partial charge in [-0.3, -0.25) is 0 Å². The third-order valence-corrected chi connectivity index (χ3v) is 1.78. The van der Waals surface area contributed by atoms with Crippen LogP contribution in [0.1, 0.15) is 0 Å². The number of nitrogens with zero attached hydrogens (tertiary/aromatic N) is 3. The fourth-order valence-electron chi connectivity index (χ4n) is 1.21. The summed E-state index contributed by atoms with van der Waals surface area (Å²) in [4.78, 5) is 15.4. The smallest absolute Gasteiger partial charge is 0.194 e. The zero-order valence-corrected chi connectivity index (χ0v) is 6.88. The first-order valence-electron chi connectivity index (χ1n) is 3.65. The summed E-state index contributed by atoms with van der Waals surface area (Å²) < 4.78 is 0. The molecule has 0 saturated carbocycles. The normalized spacial score (nSPS) is 14.5. The summed E-state index contributed by atoms with van der Waals surface area (Å²) in [6.07, 6.45) is 0. The third kappa shape index (κ3) is 1.07. The molecule has 0 saturated heterocycles. The molecule has 1 heterocycles. The van der Waals surface area contributed by atoms with Crippen molar-refractivity contribution in [1.82, 2.24) is 0 Å². The fourth-order valence-corrected chi connectivity index (χ4v) is 1.21. The van der Waals surface area contributed by atoms with Gasteiger partial charge in [-0.05, 0) is 12.1 Å². The first kappa shape index (κ1) is 7.81. The monoisotopic (exact) mass is 181 g/mol. The van der Waals surface area contributed by atoms with Crippen molar-refractivity contribution in [3.05, 3.63) is 34.4 Å². The van der Waals surface area contributed by atoms with Crippen LogP contribution in [-0.2, 0) is 4.94 Å². The van der Waals surface area contributed by atoms with Crippen LogP contribution >= 0.6 is 0 Å². The number of hydrazine groups is 1. The number of para-hydroxylation sites is 2. The Hall–Kier alpha value is -1.82. The van der Waals surface area contributed by atoms with E-state index in [1.807, 2.05) is 0 Å². The lowest BCUT2D eigenvalue weighted by molar-refractivity contribution is -0.544. The lowest BCUT2D eigenvalue weighted by Gasteiger charge is -2.06. The van der Waals surface area contributed by atoms with E-state index in [1.165, 1.54) is 5.06 Å². The van der Waals surface area contributed by atoms with Crippen molar-refractivity contribution in [3.63, 3.8) is 0 Å². The van der Waals surface area contributed by atoms with E-state index in [4.69, 9.17) is 4.94 Å². The van der Waals surface area contributed by atoms with Gasteiger partial charge in [0.2, 0.25) is 0 Å². The summed E-state index contributed by atoms with van der Waals surface area (Å²) >= 11 is 0. The van der Waals surface area contributed by atoms with Gasteiger partial charge in [0.05, 0.1) is 10.9 Å². The molecule has 0 spiro atoms. The first-order valence-corrected chi connectivity index (χ1v) is 3.65. The summed E-state index contributed by atoms with van der Waals surface area (Å²) in [5.74, 6) is 0. The number of hydroxylamine groups is 1. The summed E-state index contributed by atoms with van der Waals surface area (Å²) in [7, 11) is 1.61. The number of rotatable bonds is 1. The summed E-state index contributed by atoms with van der Waals surface area (Å²) in [6, 6.07) is 6.89. The summed E-state index contributed by atoms with van der Waals surface area (Å²) in [6.45, 7) is 0. The number of hydrogen-bond acceptors (Lipinski definition) is 4. The Labute approximate surface area is 74.0 Å². The average molecular weight is 181 g/mol. The van der Waals surface area contributed by atoms with Crippen LogP contribution in [0, 0.1) is 10.1 Å². The zero-order valence-electron chi connectivity index (χ0n) is 6.88. The second-order valence-electron chi connectivity index (χ2n) is 2.58. The van der Waals surface area contributed by atoms with Crippen LogP contribution in [0.5, 0.6) is 0 Å². The molecule has 6 nitrogen and oxygen atoms in total. The molecule has 0 bridgehead atoms. The van der Waals surface area contributed by atoms with E-state index in [1.54, 1.807) is 31.3 Å². The van der Waals surface area contributed by atoms with Gasteiger partial charge in [0, 0.05) is 7.05 Å². The second-order valence-corrected chi connectivity index (χ2v) is 2.58. The third-order valence-electron chi connectivity index (χ3n) is 1.78. The number of nitro groups is 1. The molecule has 0 aromatic heterocycles. The summed E-state index contributed by atoms with van der Waals surface area (Å²) in [5.41, 5.74) is 1.12. The molecule has 2 rings (SSSR count). The van der Waals surface area contributed by atoms with Crippen LogP contribution < -0.4 is 10.2 Å². The maximum absolute atomic E-state index is 10.5. The number of benzene rings is 1. The molecule has 0 aliphatic carbocycles. The van der Waals surface area contributed by atoms with Crippen LogP contribution in [0.15, 0.2) is 24.3 Å². The second kappa shape index (κ2) is 2.60. The molecule has 6 heteroatoms. The molecule has 1 aliphatic rings. The van der Waals surface area contributed by atoms with Crippen LogP contribution in [0.25, 0.3) is 0 Å². The molecule has 0 unspecified atom stereocenters. The van der Waals surface area contributed by atoms with Crippen LogP contribution in [-0.4, -0.2) is 12.1 Å². The van der Waals surface area contributed by atoms with E-state index >= 15 is 0 Å². The van der Waals surface area contributed by atoms with Gasteiger partial charge in [0.1, 0.15) is 0 Å². The molecule has 1 aromatic carbocycles. The number of hydrogen-bond donors (Lipinski definition) is 0. The van der Waals surface area contributed by atoms with Gasteiger partial charge in [0.15, 0.2) is 10.7 Å². The molecule has 0 amide bonds. The predicted molar refractivity (Wildman–Crippen MR) is 45.4 cm³/mol. The maximum atomic E-state index is 10.5. The Morgan fingerprint density at radius 1 is 1.38 bits per heavy atom. The van der Waals surface area contributed by atoms with Crippen LogP contribution in [0.2, 0.25) is 0 Å². The molecule has 68 valence electrons. The quantitative estimate of drug-likeness (QED) is 0.477. The highest BCUT2D eigenvalue weighted by molar-refractivity contribution is 5.70. The van der Waals surface area contributed by atoms with Crippen molar-refractivity contribution in [2.45, 2.75) is 0 Å². The molecular formula is C7H7N3O3. The highest BCUT2D eigenvalue weighted by Crippen LogP contribution is 2.34. The molecular weight excluding hydrogens is 174 g/mol. The molecule has 13 heavy (non-hydrogen) atoms. The van der Waals surface area contributed by atoms with Crippen molar-refractivity contribution in [2.75, 3.05) is 17.3 Å². The van der Waals surface area contributed by atoms with Gasteiger partial charge in [0.25, 0.3) is 0 Å². The van der Waals surface area contributed by atoms with Crippen molar-refractivity contribution in [1.29, 1.82) is 0 Å². The minimum atomic E-state index is -0.609. The minimum absolute atomic E-state index is 0.440. The first-order chi connectivity index (χ1) is 6.20. The minimum Gasteiger partial charge on any atom is -0.232 e. The lowest BCUT2D eigenvalue weighted by Crippen LogP contribution is -2.30. The van der Waals surface area contributed by atoms with Crippen molar-refractivity contribution in [2.24, 2.45) is 0 Å². The van der Waals surface area contributed by atoms with E-state index in [-0.39, 0.29) is 0 Å². The van der Waals surface area contributed by atoms with Gasteiger partial charge < -0.3 is 0 Å². The average Bonchev–Trinajstić information content (AvgIpc) is 2.45. The van der Waals surface area contributed by atoms with Gasteiger partial charge in [-0.1, -0.05) is 17.1 Å². The SMILES string of the molecule is CN1ON([N+](=O)[O-])c2ccccc21. The highest BCUT2D eigenvalue weighted by Gasteiger charge is 2.33. The molecule has 0 N–H and O–H groups in total. The standard InChI is InChI=1S/C7H7N3O3/c1-8-6-4-2-3-5-7(6)9(13-8)10(11)12/h2-5H,1H3. The highest BCUT2D eigenvalue weighted by atomic mass is 16.9. The maximum Gasteiger partial charge on any atom is 0.194 e. The Morgan fingerprint density at radius 3 is 2.62 bits per heavy atom. The predicted octanol–water partition coefficient (Wildman–Crippen LogP) is 0.981. The van der Waals surface area contributed by atoms with Gasteiger partial charge >= 0.3 is 0 Å². The van der Waals surface area contributed by atoms with Crippen molar-refractivity contribution in [3.8, 4) is 0 Å². The van der Waals surface area contributed by atoms with E-state index in [9.17, 15) is 10.1 Å². The van der Waals surface area contributed by atoms with Crippen molar-refractivity contribution < 1.29 is 9.97 Å². The fraction of sp³-hybridized carbons (Fsp3) is 0.143. The zero-order chi connectivity index (χ0) is 9.42. The van der Waals surface area contributed by atoms with E-state index < -0.39 is 5.03 Å². The van der Waals surface area contributed by atoms with Crippen molar-refractivity contribution >= 4 is 11.4 Å². The van der Waals surface area contributed by atoms with Gasteiger partial charge in [-0.15, -0.1) is 0 Å². The molecule has 1 aliphatic heterocycles. The van der Waals surface area contributed by atoms with Crippen LogP contribution in [0.4, 0.5) is 11.4 Å². The van der Waals surface area contributed by atoms with E-state index in [0.717, 1.165) is 0 Å². The summed E-state index contributed by atoms with van der Waals surface area (Å²) in [5, 5.41) is 11.9. The number of anilines is 2. The van der Waals surface area contributed by atoms with E-state index in [2.05, 4.69) is 0 Å². The number of fused-ring (bicyclic) bond motifs is 1.